The fourth-order valence-corrected chi connectivity index (χ4v) is 4.84. The molecule has 1 aromatic heterocycles. The lowest BCUT2D eigenvalue weighted by Crippen LogP contribution is -2.53. The zero-order valence-corrected chi connectivity index (χ0v) is 23.1. The number of nitrogens with one attached hydrogen (secondary N) is 3. The van der Waals surface area contributed by atoms with Gasteiger partial charge in [-0.1, -0.05) is 50.1 Å². The van der Waals surface area contributed by atoms with Gasteiger partial charge in [-0.2, -0.15) is 0 Å². The standard InChI is InChI=1S/C27H41N5O4S/c1-5-19(2)29-24-17-21(18-25(31-24)32(3)37(4,35)36)27(34)30-23(16-20-12-8-6-9-13-20)26(33)22-14-10-7-11-15-28-22/h6,8-9,12-13,17-19,22-23,26,28,33H,5,7,10-11,14-16H2,1-4H3,(H,29,31)(H,30,34)/t19-,22?,23-,26+/m0/s1. The molecule has 1 aliphatic heterocycles. The van der Waals surface area contributed by atoms with Crippen molar-refractivity contribution in [3.63, 3.8) is 0 Å². The van der Waals surface area contributed by atoms with Crippen LogP contribution in [-0.4, -0.2) is 68.5 Å². The van der Waals surface area contributed by atoms with E-state index in [0.29, 0.717) is 12.2 Å². The molecule has 37 heavy (non-hydrogen) atoms. The quantitative estimate of drug-likeness (QED) is 0.352. The highest BCUT2D eigenvalue weighted by molar-refractivity contribution is 7.92. The second-order valence-corrected chi connectivity index (χ2v) is 12.0. The van der Waals surface area contributed by atoms with E-state index in [4.69, 9.17) is 0 Å². The third-order valence-corrected chi connectivity index (χ3v) is 8.12. The zero-order chi connectivity index (χ0) is 27.0. The molecule has 1 aliphatic rings. The summed E-state index contributed by atoms with van der Waals surface area (Å²) in [6.45, 7) is 4.85. The largest absolute Gasteiger partial charge is 0.389 e. The van der Waals surface area contributed by atoms with Crippen molar-refractivity contribution in [3.8, 4) is 0 Å². The van der Waals surface area contributed by atoms with Crippen LogP contribution in [0.5, 0.6) is 0 Å². The molecule has 0 spiro atoms. The maximum Gasteiger partial charge on any atom is 0.251 e. The Morgan fingerprint density at radius 1 is 1.22 bits per heavy atom. The van der Waals surface area contributed by atoms with Crippen molar-refractivity contribution >= 4 is 27.6 Å². The van der Waals surface area contributed by atoms with Gasteiger partial charge in [-0.05, 0) is 56.8 Å². The second-order valence-electron chi connectivity index (χ2n) is 9.95. The summed E-state index contributed by atoms with van der Waals surface area (Å²) in [6.07, 6.45) is 5.64. The van der Waals surface area contributed by atoms with Crippen molar-refractivity contribution in [3.05, 3.63) is 53.6 Å². The molecule has 0 aliphatic carbocycles. The summed E-state index contributed by atoms with van der Waals surface area (Å²) in [7, 11) is -2.17. The summed E-state index contributed by atoms with van der Waals surface area (Å²) in [6, 6.07) is 12.3. The van der Waals surface area contributed by atoms with Crippen molar-refractivity contribution in [2.75, 3.05) is 29.5 Å². The van der Waals surface area contributed by atoms with E-state index >= 15 is 0 Å². The molecule has 9 nitrogen and oxygen atoms in total. The Balaban J connectivity index is 1.92. The van der Waals surface area contributed by atoms with E-state index in [9.17, 15) is 18.3 Å². The van der Waals surface area contributed by atoms with Gasteiger partial charge >= 0.3 is 0 Å². The van der Waals surface area contributed by atoms with E-state index in [1.165, 1.54) is 13.1 Å². The van der Waals surface area contributed by atoms with Crippen molar-refractivity contribution in [2.45, 2.75) is 76.6 Å². The first-order valence-corrected chi connectivity index (χ1v) is 14.9. The molecule has 2 heterocycles. The average Bonchev–Trinajstić information content (AvgIpc) is 3.17. The fraction of sp³-hybridized carbons (Fsp3) is 0.556. The normalized spacial score (nSPS) is 18.8. The van der Waals surface area contributed by atoms with Gasteiger partial charge in [-0.3, -0.25) is 9.10 Å². The number of benzene rings is 1. The molecule has 4 N–H and O–H groups in total. The monoisotopic (exact) mass is 531 g/mol. The van der Waals surface area contributed by atoms with E-state index in [-0.39, 0.29) is 23.5 Å². The SMILES string of the molecule is CC[C@H](C)Nc1cc(C(=O)N[C@@H](Cc2ccccc2)[C@H](O)C2CCCCCN2)cc(N(C)S(C)(=O)=O)n1. The van der Waals surface area contributed by atoms with Crippen molar-refractivity contribution in [1.29, 1.82) is 0 Å². The number of hydrogen-bond donors (Lipinski definition) is 4. The highest BCUT2D eigenvalue weighted by Crippen LogP contribution is 2.22. The maximum absolute atomic E-state index is 13.6. The molecule has 3 rings (SSSR count). The van der Waals surface area contributed by atoms with Crippen molar-refractivity contribution in [2.24, 2.45) is 0 Å². The number of rotatable bonds is 11. The molecule has 4 atom stereocenters. The van der Waals surface area contributed by atoms with Crippen molar-refractivity contribution < 1.29 is 18.3 Å². The number of carbonyl (C=O) groups excluding carboxylic acids is 1. The van der Waals surface area contributed by atoms with Crippen LogP contribution in [0.2, 0.25) is 0 Å². The van der Waals surface area contributed by atoms with Gasteiger partial charge in [0.1, 0.15) is 11.6 Å². The highest BCUT2D eigenvalue weighted by atomic mass is 32.2. The van der Waals surface area contributed by atoms with E-state index in [2.05, 4.69) is 20.9 Å². The Bertz CT molecular complexity index is 1120. The number of aliphatic hydroxyl groups is 1. The average molecular weight is 532 g/mol. The molecule has 1 amide bonds. The van der Waals surface area contributed by atoms with Gasteiger partial charge in [-0.15, -0.1) is 0 Å². The summed E-state index contributed by atoms with van der Waals surface area (Å²) in [5.41, 5.74) is 1.28. The maximum atomic E-state index is 13.6. The molecule has 10 heteroatoms. The van der Waals surface area contributed by atoms with E-state index < -0.39 is 28.1 Å². The number of aromatic nitrogens is 1. The van der Waals surface area contributed by atoms with Gasteiger partial charge in [0.05, 0.1) is 18.4 Å². The molecule has 0 bridgehead atoms. The number of carbonyl (C=O) groups is 1. The van der Waals surface area contributed by atoms with Gasteiger partial charge in [0.2, 0.25) is 10.0 Å². The predicted octanol–water partition coefficient (Wildman–Crippen LogP) is 2.92. The third-order valence-electron chi connectivity index (χ3n) is 6.94. The van der Waals surface area contributed by atoms with Crippen molar-refractivity contribution in [1.82, 2.24) is 15.6 Å². The zero-order valence-electron chi connectivity index (χ0n) is 22.3. The number of aliphatic hydroxyl groups excluding tert-OH is 1. The second kappa shape index (κ2) is 13.2. The molecule has 0 radical (unpaired) electrons. The molecule has 0 saturated carbocycles. The summed E-state index contributed by atoms with van der Waals surface area (Å²) in [4.78, 5) is 18.0. The number of pyridine rings is 1. The summed E-state index contributed by atoms with van der Waals surface area (Å²) in [5.74, 6) is 0.163. The van der Waals surface area contributed by atoms with Crippen LogP contribution in [0.1, 0.15) is 61.9 Å². The predicted molar refractivity (Wildman–Crippen MR) is 149 cm³/mol. The number of anilines is 2. The summed E-state index contributed by atoms with van der Waals surface area (Å²) >= 11 is 0. The molecule has 2 aromatic rings. The van der Waals surface area contributed by atoms with Crippen LogP contribution in [0, 0.1) is 0 Å². The number of hydrogen-bond acceptors (Lipinski definition) is 7. The Morgan fingerprint density at radius 3 is 2.62 bits per heavy atom. The first-order valence-electron chi connectivity index (χ1n) is 13.1. The lowest BCUT2D eigenvalue weighted by Gasteiger charge is -2.31. The Morgan fingerprint density at radius 2 is 1.95 bits per heavy atom. The van der Waals surface area contributed by atoms with Gasteiger partial charge in [0.25, 0.3) is 5.91 Å². The highest BCUT2D eigenvalue weighted by Gasteiger charge is 2.30. The molecule has 1 saturated heterocycles. The Hall–Kier alpha value is -2.69. The smallest absolute Gasteiger partial charge is 0.251 e. The van der Waals surface area contributed by atoms with E-state index in [1.54, 1.807) is 6.07 Å². The minimum atomic E-state index is -3.58. The molecular weight excluding hydrogens is 490 g/mol. The lowest BCUT2D eigenvalue weighted by molar-refractivity contribution is 0.0698. The number of amides is 1. The fourth-order valence-electron chi connectivity index (χ4n) is 4.41. The first kappa shape index (κ1) is 28.9. The minimum absolute atomic E-state index is 0.0798. The van der Waals surface area contributed by atoms with Crippen LogP contribution in [0.15, 0.2) is 42.5 Å². The van der Waals surface area contributed by atoms with Gasteiger partial charge in [0.15, 0.2) is 0 Å². The number of nitrogens with zero attached hydrogens (tertiary/aromatic N) is 2. The van der Waals surface area contributed by atoms with Crippen LogP contribution >= 0.6 is 0 Å². The topological polar surface area (TPSA) is 124 Å². The van der Waals surface area contributed by atoms with Gasteiger partial charge in [-0.25, -0.2) is 13.4 Å². The summed E-state index contributed by atoms with van der Waals surface area (Å²) < 4.78 is 25.5. The van der Waals surface area contributed by atoms with Crippen LogP contribution in [0.25, 0.3) is 0 Å². The van der Waals surface area contributed by atoms with Crippen LogP contribution in [0.3, 0.4) is 0 Å². The van der Waals surface area contributed by atoms with Crippen LogP contribution in [-0.2, 0) is 16.4 Å². The Labute approximate surface area is 221 Å². The molecule has 1 aromatic carbocycles. The van der Waals surface area contributed by atoms with Gasteiger partial charge < -0.3 is 21.1 Å². The lowest BCUT2D eigenvalue weighted by atomic mass is 9.93. The number of sulfonamides is 1. The van der Waals surface area contributed by atoms with E-state index in [0.717, 1.165) is 54.8 Å². The van der Waals surface area contributed by atoms with Gasteiger partial charge in [0, 0.05) is 24.7 Å². The molecule has 1 fully saturated rings. The third kappa shape index (κ3) is 8.41. The van der Waals surface area contributed by atoms with E-state index in [1.807, 2.05) is 44.2 Å². The molecule has 204 valence electrons. The Kier molecular flexibility index (Phi) is 10.3. The summed E-state index contributed by atoms with van der Waals surface area (Å²) in [5, 5.41) is 21.1. The van der Waals surface area contributed by atoms with Crippen LogP contribution in [0.4, 0.5) is 11.6 Å². The molecule has 1 unspecified atom stereocenters. The molecular formula is C27H41N5O4S. The first-order chi connectivity index (χ1) is 17.6. The van der Waals surface area contributed by atoms with Crippen LogP contribution < -0.4 is 20.3 Å². The minimum Gasteiger partial charge on any atom is -0.389 e.